The third-order valence-corrected chi connectivity index (χ3v) is 4.96. The Morgan fingerprint density at radius 1 is 1.59 bits per heavy atom. The smallest absolute Gasteiger partial charge is 0.306 e. The average Bonchev–Trinajstić information content (AvgIpc) is 2.86. The van der Waals surface area contributed by atoms with Crippen molar-refractivity contribution in [2.24, 2.45) is 5.92 Å². The van der Waals surface area contributed by atoms with Crippen LogP contribution in [0, 0.1) is 5.92 Å². The van der Waals surface area contributed by atoms with Crippen LogP contribution in [0.15, 0.2) is 21.3 Å². The van der Waals surface area contributed by atoms with Crippen LogP contribution < -0.4 is 0 Å². The van der Waals surface area contributed by atoms with Gasteiger partial charge in [-0.3, -0.25) is 4.79 Å². The average molecular weight is 332 g/mol. The lowest BCUT2D eigenvalue weighted by Gasteiger charge is -2.01. The van der Waals surface area contributed by atoms with Crippen LogP contribution in [0.25, 0.3) is 9.88 Å². The predicted molar refractivity (Wildman–Crippen MR) is 73.6 cm³/mol. The molecule has 0 spiro atoms. The molecule has 1 atom stereocenters. The fourth-order valence-corrected chi connectivity index (χ4v) is 3.63. The normalized spacial score (nSPS) is 12.6. The summed E-state index contributed by atoms with van der Waals surface area (Å²) in [7, 11) is 0. The van der Waals surface area contributed by atoms with Crippen molar-refractivity contribution in [2.75, 3.05) is 0 Å². The highest BCUT2D eigenvalue weighted by atomic mass is 79.9. The number of carbonyl (C=O) groups is 1. The number of hydrogen-bond acceptors (Lipinski definition) is 4. The molecule has 2 heterocycles. The number of hydrogen-bond donors (Lipinski definition) is 1. The molecule has 0 aliphatic rings. The molecule has 0 saturated carbocycles. The molecule has 0 radical (unpaired) electrons. The third-order valence-electron chi connectivity index (χ3n) is 2.27. The lowest BCUT2D eigenvalue weighted by atomic mass is 10.1. The van der Waals surface area contributed by atoms with E-state index in [9.17, 15) is 4.79 Å². The maximum absolute atomic E-state index is 10.8. The first-order chi connectivity index (χ1) is 8.06. The molecular formula is C11H10BrNO2S2. The second kappa shape index (κ2) is 5.29. The highest BCUT2D eigenvalue weighted by molar-refractivity contribution is 9.11. The number of aliphatic carboxylic acids is 1. The van der Waals surface area contributed by atoms with Gasteiger partial charge in [0.25, 0.3) is 0 Å². The van der Waals surface area contributed by atoms with Crippen LogP contribution >= 0.6 is 38.6 Å². The highest BCUT2D eigenvalue weighted by Gasteiger charge is 2.14. The van der Waals surface area contributed by atoms with Gasteiger partial charge < -0.3 is 5.11 Å². The summed E-state index contributed by atoms with van der Waals surface area (Å²) in [6.07, 6.45) is 0.485. The molecule has 2 aromatic rings. The van der Waals surface area contributed by atoms with E-state index in [0.29, 0.717) is 6.42 Å². The van der Waals surface area contributed by atoms with Crippen LogP contribution in [-0.2, 0) is 11.2 Å². The van der Waals surface area contributed by atoms with Crippen LogP contribution in [-0.4, -0.2) is 16.1 Å². The van der Waals surface area contributed by atoms with E-state index in [4.69, 9.17) is 5.11 Å². The van der Waals surface area contributed by atoms with Gasteiger partial charge >= 0.3 is 5.97 Å². The molecule has 0 saturated heterocycles. The maximum Gasteiger partial charge on any atom is 0.306 e. The Hall–Kier alpha value is -0.720. The van der Waals surface area contributed by atoms with Gasteiger partial charge in [-0.1, -0.05) is 6.92 Å². The molecule has 1 unspecified atom stereocenters. The Balaban J connectivity index is 2.13. The summed E-state index contributed by atoms with van der Waals surface area (Å²) in [5.74, 6) is -1.17. The monoisotopic (exact) mass is 331 g/mol. The quantitative estimate of drug-likeness (QED) is 0.924. The van der Waals surface area contributed by atoms with Gasteiger partial charge in [0.15, 0.2) is 0 Å². The lowest BCUT2D eigenvalue weighted by molar-refractivity contribution is -0.141. The molecule has 6 heteroatoms. The molecular weight excluding hydrogens is 322 g/mol. The first kappa shape index (κ1) is 12.7. The Morgan fingerprint density at radius 2 is 2.35 bits per heavy atom. The van der Waals surface area contributed by atoms with Crippen LogP contribution in [0.4, 0.5) is 0 Å². The van der Waals surface area contributed by atoms with E-state index in [1.807, 2.05) is 17.5 Å². The van der Waals surface area contributed by atoms with Crippen molar-refractivity contribution in [1.29, 1.82) is 0 Å². The molecule has 0 aliphatic carbocycles. The Labute approximate surface area is 115 Å². The minimum Gasteiger partial charge on any atom is -0.481 e. The Morgan fingerprint density at radius 3 is 2.94 bits per heavy atom. The number of nitrogens with zero attached hydrogens (tertiary/aromatic N) is 1. The van der Waals surface area contributed by atoms with Crippen molar-refractivity contribution in [3.05, 3.63) is 27.0 Å². The molecule has 3 nitrogen and oxygen atoms in total. The molecule has 90 valence electrons. The van der Waals surface area contributed by atoms with E-state index >= 15 is 0 Å². The lowest BCUT2D eigenvalue weighted by Crippen LogP contribution is -2.12. The molecule has 0 aliphatic heterocycles. The Bertz CT molecular complexity index is 535. The van der Waals surface area contributed by atoms with Crippen LogP contribution in [0.3, 0.4) is 0 Å². The molecule has 0 aromatic carbocycles. The molecule has 0 fully saturated rings. The maximum atomic E-state index is 10.8. The summed E-state index contributed by atoms with van der Waals surface area (Å²) < 4.78 is 1.07. The number of thiazole rings is 1. The van der Waals surface area contributed by atoms with Crippen LogP contribution in [0.2, 0.25) is 0 Å². The van der Waals surface area contributed by atoms with Gasteiger partial charge in [0.2, 0.25) is 0 Å². The number of rotatable bonds is 4. The van der Waals surface area contributed by atoms with E-state index in [-0.39, 0.29) is 5.92 Å². The molecule has 0 amide bonds. The SMILES string of the molecule is CC(Cc1csc(-c2ccc(Br)s2)n1)C(=O)O. The highest BCUT2D eigenvalue weighted by Crippen LogP contribution is 2.33. The first-order valence-corrected chi connectivity index (χ1v) is 7.48. The third kappa shape index (κ3) is 3.14. The minimum atomic E-state index is -0.779. The Kier molecular flexibility index (Phi) is 3.96. The van der Waals surface area contributed by atoms with Gasteiger partial charge in [-0.05, 0) is 28.1 Å². The predicted octanol–water partition coefficient (Wildman–Crippen LogP) is 3.90. The second-order valence-corrected chi connectivity index (χ2v) is 7.01. The fourth-order valence-electron chi connectivity index (χ4n) is 1.34. The zero-order chi connectivity index (χ0) is 12.4. The van der Waals surface area contributed by atoms with E-state index in [1.165, 1.54) is 0 Å². The minimum absolute atomic E-state index is 0.389. The summed E-state index contributed by atoms with van der Waals surface area (Å²) in [5.41, 5.74) is 0.851. The molecule has 2 rings (SSSR count). The molecule has 0 bridgehead atoms. The van der Waals surface area contributed by atoms with Gasteiger partial charge in [0.05, 0.1) is 20.3 Å². The van der Waals surface area contributed by atoms with Crippen molar-refractivity contribution >= 4 is 44.6 Å². The van der Waals surface area contributed by atoms with Crippen LogP contribution in [0.1, 0.15) is 12.6 Å². The van der Waals surface area contributed by atoms with Crippen molar-refractivity contribution in [3.8, 4) is 9.88 Å². The second-order valence-electron chi connectivity index (χ2n) is 3.69. The zero-order valence-corrected chi connectivity index (χ0v) is 12.2. The number of carboxylic acid groups (broad SMARTS) is 1. The van der Waals surface area contributed by atoms with E-state index in [1.54, 1.807) is 29.6 Å². The summed E-state index contributed by atoms with van der Waals surface area (Å²) >= 11 is 6.60. The van der Waals surface area contributed by atoms with Crippen molar-refractivity contribution in [1.82, 2.24) is 4.98 Å². The van der Waals surface area contributed by atoms with Crippen LogP contribution in [0.5, 0.6) is 0 Å². The van der Waals surface area contributed by atoms with Gasteiger partial charge in [-0.25, -0.2) is 4.98 Å². The standard InChI is InChI=1S/C11H10BrNO2S2/c1-6(11(14)15)4-7-5-16-10(13-7)8-2-3-9(12)17-8/h2-3,5-6H,4H2,1H3,(H,14,15). The number of thiophene rings is 1. The van der Waals surface area contributed by atoms with Gasteiger partial charge in [-0.15, -0.1) is 22.7 Å². The van der Waals surface area contributed by atoms with Gasteiger partial charge in [-0.2, -0.15) is 0 Å². The number of carboxylic acids is 1. The summed E-state index contributed by atoms with van der Waals surface area (Å²) in [4.78, 5) is 16.3. The van der Waals surface area contributed by atoms with E-state index < -0.39 is 5.97 Å². The largest absolute Gasteiger partial charge is 0.481 e. The molecule has 17 heavy (non-hydrogen) atoms. The summed E-state index contributed by atoms with van der Waals surface area (Å²) in [6, 6.07) is 4.00. The van der Waals surface area contributed by atoms with Crippen molar-refractivity contribution in [3.63, 3.8) is 0 Å². The summed E-state index contributed by atoms with van der Waals surface area (Å²) in [6.45, 7) is 1.70. The topological polar surface area (TPSA) is 50.2 Å². The molecule has 1 N–H and O–H groups in total. The van der Waals surface area contributed by atoms with Gasteiger partial charge in [0, 0.05) is 11.8 Å². The summed E-state index contributed by atoms with van der Waals surface area (Å²) in [5, 5.41) is 11.7. The number of halogens is 1. The fraction of sp³-hybridized carbons (Fsp3) is 0.273. The van der Waals surface area contributed by atoms with E-state index in [2.05, 4.69) is 20.9 Å². The van der Waals surface area contributed by atoms with E-state index in [0.717, 1.165) is 19.4 Å². The zero-order valence-electron chi connectivity index (χ0n) is 9.01. The van der Waals surface area contributed by atoms with Crippen molar-refractivity contribution in [2.45, 2.75) is 13.3 Å². The van der Waals surface area contributed by atoms with Crippen molar-refractivity contribution < 1.29 is 9.90 Å². The molecule has 2 aromatic heterocycles. The number of aromatic nitrogens is 1. The first-order valence-electron chi connectivity index (χ1n) is 4.99. The van der Waals surface area contributed by atoms with Gasteiger partial charge in [0.1, 0.15) is 5.01 Å².